The summed E-state index contributed by atoms with van der Waals surface area (Å²) in [5.74, 6) is 0.766. The molecule has 2 aliphatic heterocycles. The largest absolute Gasteiger partial charge is 0.425 e. The van der Waals surface area contributed by atoms with Crippen LogP contribution in [0.2, 0.25) is 0 Å². The molecule has 11 nitrogen and oxygen atoms in total. The molecule has 256 valence electrons. The van der Waals surface area contributed by atoms with Crippen molar-refractivity contribution in [3.8, 4) is 23.5 Å². The fourth-order valence-electron chi connectivity index (χ4n) is 6.73. The first-order valence-corrected chi connectivity index (χ1v) is 17.3. The van der Waals surface area contributed by atoms with Gasteiger partial charge in [-0.05, 0) is 66.1 Å². The number of imidazole rings is 2. The van der Waals surface area contributed by atoms with Crippen LogP contribution < -0.4 is 19.3 Å². The molecule has 0 bridgehead atoms. The highest BCUT2D eigenvalue weighted by Crippen LogP contribution is 2.33. The number of ketones is 1. The second kappa shape index (κ2) is 14.8. The molecule has 0 spiro atoms. The lowest BCUT2D eigenvalue weighted by Crippen LogP contribution is -2.44. The van der Waals surface area contributed by atoms with Crippen LogP contribution in [0.3, 0.4) is 0 Å². The number of hydrogen-bond acceptors (Lipinski definition) is 9. The molecule has 0 amide bonds. The molecular weight excluding hydrogens is 604 g/mol. The van der Waals surface area contributed by atoms with E-state index in [1.54, 1.807) is 12.4 Å². The Morgan fingerprint density at radius 2 is 1.06 bits per heavy atom. The molecule has 2 aromatic heterocycles. The minimum atomic E-state index is -0.397. The molecule has 0 saturated carbocycles. The lowest BCUT2D eigenvalue weighted by molar-refractivity contribution is -0.121. The molecule has 4 aromatic rings. The lowest BCUT2D eigenvalue weighted by Gasteiger charge is -2.34. The average Bonchev–Trinajstić information content (AvgIpc) is 3.71. The number of piperazine rings is 2. The van der Waals surface area contributed by atoms with Crippen molar-refractivity contribution in [2.24, 2.45) is 0 Å². The fourth-order valence-corrected chi connectivity index (χ4v) is 6.73. The smallest absolute Gasteiger partial charge is 0.302 e. The zero-order chi connectivity index (χ0) is 33.8. The van der Waals surface area contributed by atoms with Crippen molar-refractivity contribution in [1.29, 1.82) is 0 Å². The summed E-state index contributed by atoms with van der Waals surface area (Å²) in [6.07, 6.45) is 3.55. The number of carbonyl (C=O) groups is 1. The maximum atomic E-state index is 14.0. The van der Waals surface area contributed by atoms with E-state index in [1.165, 1.54) is 0 Å². The molecule has 6 rings (SSSR count). The molecular formula is C37H50N8O3. The minimum Gasteiger partial charge on any atom is -0.425 e. The quantitative estimate of drug-likeness (QED) is 0.192. The van der Waals surface area contributed by atoms with Crippen LogP contribution in [0.15, 0.2) is 60.9 Å². The molecule has 2 aromatic carbocycles. The van der Waals surface area contributed by atoms with Gasteiger partial charge in [0, 0.05) is 89.0 Å². The molecule has 2 atom stereocenters. The van der Waals surface area contributed by atoms with Crippen molar-refractivity contribution >= 4 is 17.2 Å². The van der Waals surface area contributed by atoms with Gasteiger partial charge in [-0.3, -0.25) is 13.9 Å². The van der Waals surface area contributed by atoms with Crippen LogP contribution >= 0.6 is 0 Å². The summed E-state index contributed by atoms with van der Waals surface area (Å²) in [6.45, 7) is 17.4. The van der Waals surface area contributed by atoms with Gasteiger partial charge >= 0.3 is 12.0 Å². The summed E-state index contributed by atoms with van der Waals surface area (Å²) in [4.78, 5) is 32.7. The lowest BCUT2D eigenvalue weighted by atomic mass is 9.91. The summed E-state index contributed by atoms with van der Waals surface area (Å²) in [5.41, 5.74) is 3.96. The first-order chi connectivity index (χ1) is 23.2. The Bertz CT molecular complexity index is 1560. The van der Waals surface area contributed by atoms with E-state index in [0.29, 0.717) is 25.1 Å². The highest BCUT2D eigenvalue weighted by molar-refractivity contribution is 5.90. The molecule has 2 unspecified atom stereocenters. The topological polar surface area (TPSA) is 84.1 Å². The summed E-state index contributed by atoms with van der Waals surface area (Å²) < 4.78 is 16.6. The number of anilines is 2. The van der Waals surface area contributed by atoms with Gasteiger partial charge < -0.3 is 29.1 Å². The molecule has 2 aliphatic rings. The van der Waals surface area contributed by atoms with Gasteiger partial charge in [-0.15, -0.1) is 0 Å². The first-order valence-electron chi connectivity index (χ1n) is 17.3. The normalized spacial score (nSPS) is 17.4. The Kier molecular flexibility index (Phi) is 10.4. The SMILES string of the molecule is CCn1c(C(C)C(=O)C(C)c2cnc(Oc3cccc(N4CCN(C)CC4)c3)n2CC)cnc1Oc1cccc(N2CCN(C)CC2)c1. The summed E-state index contributed by atoms with van der Waals surface area (Å²) in [5, 5.41) is 0. The Labute approximate surface area is 284 Å². The predicted octanol–water partition coefficient (Wildman–Crippen LogP) is 5.68. The van der Waals surface area contributed by atoms with Gasteiger partial charge in [0.25, 0.3) is 0 Å². The Balaban J connectivity index is 1.15. The number of benzene rings is 2. The van der Waals surface area contributed by atoms with Gasteiger partial charge in [-0.2, -0.15) is 0 Å². The van der Waals surface area contributed by atoms with Crippen LogP contribution in [-0.2, 0) is 17.9 Å². The van der Waals surface area contributed by atoms with E-state index < -0.39 is 11.8 Å². The monoisotopic (exact) mass is 654 g/mol. The molecule has 0 N–H and O–H groups in total. The van der Waals surface area contributed by atoms with Crippen molar-refractivity contribution in [3.05, 3.63) is 72.3 Å². The zero-order valence-electron chi connectivity index (χ0n) is 29.3. The van der Waals surface area contributed by atoms with Gasteiger partial charge in [0.2, 0.25) is 0 Å². The standard InChI is InChI=1S/C37H50N8O3/c1-7-44-33(25-38-36(44)47-31-13-9-11-29(23-31)42-19-15-40(5)16-20-42)27(3)35(46)28(4)34-26-39-37(45(34)8-2)48-32-14-10-12-30(24-32)43-21-17-41(6)18-22-43/h9-14,23-28H,7-8,15-22H2,1-6H3. The Morgan fingerprint density at radius 1 is 0.667 bits per heavy atom. The third-order valence-corrected chi connectivity index (χ3v) is 9.86. The van der Waals surface area contributed by atoms with Gasteiger partial charge in [-0.1, -0.05) is 12.1 Å². The number of hydrogen-bond donors (Lipinski definition) is 0. The highest BCUT2D eigenvalue weighted by Gasteiger charge is 2.30. The van der Waals surface area contributed by atoms with E-state index in [4.69, 9.17) is 9.47 Å². The number of nitrogens with zero attached hydrogens (tertiary/aromatic N) is 8. The predicted molar refractivity (Wildman–Crippen MR) is 190 cm³/mol. The van der Waals surface area contributed by atoms with Crippen molar-refractivity contribution in [3.63, 3.8) is 0 Å². The molecule has 11 heteroatoms. The molecule has 0 radical (unpaired) electrons. The second-order valence-electron chi connectivity index (χ2n) is 13.0. The Hall–Kier alpha value is -4.35. The van der Waals surface area contributed by atoms with Crippen LogP contribution in [0.1, 0.15) is 50.9 Å². The van der Waals surface area contributed by atoms with Crippen molar-refractivity contribution < 1.29 is 14.3 Å². The van der Waals surface area contributed by atoms with Crippen LogP contribution in [0.25, 0.3) is 0 Å². The molecule has 2 saturated heterocycles. The molecule has 4 heterocycles. The van der Waals surface area contributed by atoms with Crippen molar-refractivity contribution in [1.82, 2.24) is 28.9 Å². The minimum absolute atomic E-state index is 0.0893. The third kappa shape index (κ3) is 7.22. The van der Waals surface area contributed by atoms with E-state index in [2.05, 4.69) is 67.9 Å². The zero-order valence-corrected chi connectivity index (χ0v) is 29.3. The van der Waals surface area contributed by atoms with Gasteiger partial charge in [0.05, 0.1) is 35.6 Å². The van der Waals surface area contributed by atoms with Gasteiger partial charge in [0.15, 0.2) is 0 Å². The van der Waals surface area contributed by atoms with Gasteiger partial charge in [-0.25, -0.2) is 9.97 Å². The van der Waals surface area contributed by atoms with Crippen molar-refractivity contribution in [2.75, 3.05) is 76.3 Å². The van der Waals surface area contributed by atoms with E-state index in [-0.39, 0.29) is 5.78 Å². The number of Topliss-reactive ketones (excluding diaryl/α,β-unsaturated/α-hetero) is 1. The fraction of sp³-hybridized carbons (Fsp3) is 0.486. The Morgan fingerprint density at radius 3 is 1.44 bits per heavy atom. The molecule has 0 aliphatic carbocycles. The number of likely N-dealkylation sites (N-methyl/N-ethyl adjacent to an activating group) is 2. The van der Waals surface area contributed by atoms with E-state index in [9.17, 15) is 4.79 Å². The summed E-state index contributed by atoms with van der Waals surface area (Å²) >= 11 is 0. The summed E-state index contributed by atoms with van der Waals surface area (Å²) in [6, 6.07) is 17.3. The second-order valence-corrected chi connectivity index (χ2v) is 13.0. The summed E-state index contributed by atoms with van der Waals surface area (Å²) in [7, 11) is 4.32. The maximum Gasteiger partial charge on any atom is 0.302 e. The first kappa shape index (κ1) is 33.5. The maximum absolute atomic E-state index is 14.0. The number of aromatic nitrogens is 4. The van der Waals surface area contributed by atoms with E-state index in [1.807, 2.05) is 61.1 Å². The van der Waals surface area contributed by atoms with Crippen LogP contribution in [0.5, 0.6) is 23.5 Å². The molecule has 2 fully saturated rings. The molecule has 48 heavy (non-hydrogen) atoms. The van der Waals surface area contributed by atoms with E-state index >= 15 is 0 Å². The van der Waals surface area contributed by atoms with E-state index in [0.717, 1.165) is 86.6 Å². The van der Waals surface area contributed by atoms with Crippen LogP contribution in [0, 0.1) is 0 Å². The average molecular weight is 655 g/mol. The number of ether oxygens (including phenoxy) is 2. The van der Waals surface area contributed by atoms with Crippen LogP contribution in [0.4, 0.5) is 11.4 Å². The number of rotatable bonds is 12. The van der Waals surface area contributed by atoms with Crippen molar-refractivity contribution in [2.45, 2.75) is 52.6 Å². The highest BCUT2D eigenvalue weighted by atomic mass is 16.5. The van der Waals surface area contributed by atoms with Gasteiger partial charge in [0.1, 0.15) is 17.3 Å². The third-order valence-electron chi connectivity index (χ3n) is 9.86. The van der Waals surface area contributed by atoms with Crippen LogP contribution in [-0.4, -0.2) is 101 Å². The number of carbonyl (C=O) groups excluding carboxylic acids is 1.